The Balaban J connectivity index is 1.67. The second-order valence-electron chi connectivity index (χ2n) is 6.98. The van der Waals surface area contributed by atoms with E-state index in [1.54, 1.807) is 0 Å². The molecule has 2 aromatic carbocycles. The molecule has 0 spiro atoms. The molecule has 6 nitrogen and oxygen atoms in total. The van der Waals surface area contributed by atoms with Crippen molar-refractivity contribution < 1.29 is 0 Å². The summed E-state index contributed by atoms with van der Waals surface area (Å²) in [5, 5.41) is 4.66. The molecule has 0 aliphatic carbocycles. The molecule has 0 fully saturated rings. The zero-order chi connectivity index (χ0) is 20.5. The topological polar surface area (TPSA) is 83.6 Å². The van der Waals surface area contributed by atoms with Gasteiger partial charge in [0, 0.05) is 22.4 Å². The predicted molar refractivity (Wildman–Crippen MR) is 116 cm³/mol. The van der Waals surface area contributed by atoms with Crippen molar-refractivity contribution in [3.63, 3.8) is 0 Å². The van der Waals surface area contributed by atoms with Crippen molar-refractivity contribution in [2.45, 2.75) is 27.2 Å². The monoisotopic (exact) mass is 405 g/mol. The Morgan fingerprint density at radius 1 is 0.966 bits per heavy atom. The van der Waals surface area contributed by atoms with E-state index in [2.05, 4.69) is 25.3 Å². The van der Waals surface area contributed by atoms with Gasteiger partial charge in [0.2, 0.25) is 11.9 Å². The van der Waals surface area contributed by atoms with Crippen LogP contribution >= 0.6 is 11.6 Å². The van der Waals surface area contributed by atoms with E-state index >= 15 is 0 Å². The molecule has 4 aromatic rings. The summed E-state index contributed by atoms with van der Waals surface area (Å²) in [7, 11) is 0. The van der Waals surface area contributed by atoms with Gasteiger partial charge in [0.05, 0.1) is 16.9 Å². The molecule has 0 amide bonds. The lowest BCUT2D eigenvalue weighted by molar-refractivity contribution is 0.978. The molecular formula is C22H20ClN5O. The molecule has 0 unspecified atom stereocenters. The molecule has 29 heavy (non-hydrogen) atoms. The first-order valence-corrected chi connectivity index (χ1v) is 9.64. The second-order valence-corrected chi connectivity index (χ2v) is 7.38. The van der Waals surface area contributed by atoms with Crippen molar-refractivity contribution in [3.8, 4) is 0 Å². The summed E-state index contributed by atoms with van der Waals surface area (Å²) in [6, 6.07) is 13.5. The Labute approximate surface area is 173 Å². The normalized spacial score (nSPS) is 11.0. The van der Waals surface area contributed by atoms with Crippen LogP contribution < -0.4 is 10.9 Å². The van der Waals surface area contributed by atoms with Crippen LogP contribution in [0.3, 0.4) is 0 Å². The third-order valence-electron chi connectivity index (χ3n) is 4.90. The molecule has 0 saturated carbocycles. The van der Waals surface area contributed by atoms with Gasteiger partial charge in [-0.2, -0.15) is 0 Å². The number of nitrogens with zero attached hydrogens (tertiary/aromatic N) is 3. The SMILES string of the molecule is Cc1nc(Nc2nc(C)c3cccc(C)c3n2)[nH]c(=O)c1Cc1ccccc1Cl. The van der Waals surface area contributed by atoms with Gasteiger partial charge in [-0.25, -0.2) is 15.0 Å². The van der Waals surface area contributed by atoms with Gasteiger partial charge in [-0.3, -0.25) is 15.1 Å². The molecule has 2 aromatic heterocycles. The van der Waals surface area contributed by atoms with Crippen LogP contribution in [0.5, 0.6) is 0 Å². The maximum Gasteiger partial charge on any atom is 0.256 e. The van der Waals surface area contributed by atoms with Crippen molar-refractivity contribution in [2.24, 2.45) is 0 Å². The van der Waals surface area contributed by atoms with Crippen molar-refractivity contribution >= 4 is 34.4 Å². The highest BCUT2D eigenvalue weighted by molar-refractivity contribution is 6.31. The van der Waals surface area contributed by atoms with Gasteiger partial charge in [-0.15, -0.1) is 0 Å². The molecule has 0 atom stereocenters. The lowest BCUT2D eigenvalue weighted by atomic mass is 10.1. The van der Waals surface area contributed by atoms with Crippen LogP contribution in [0, 0.1) is 20.8 Å². The van der Waals surface area contributed by atoms with Crippen LogP contribution in [0.25, 0.3) is 10.9 Å². The Morgan fingerprint density at radius 2 is 1.76 bits per heavy atom. The molecule has 0 saturated heterocycles. The molecule has 0 bridgehead atoms. The largest absolute Gasteiger partial charge is 0.294 e. The Kier molecular flexibility index (Phi) is 5.03. The fraction of sp³-hybridized carbons (Fsp3) is 0.182. The summed E-state index contributed by atoms with van der Waals surface area (Å²) in [6.45, 7) is 5.75. The van der Waals surface area contributed by atoms with Crippen LogP contribution in [0.4, 0.5) is 11.9 Å². The minimum atomic E-state index is -0.214. The van der Waals surface area contributed by atoms with Gasteiger partial charge >= 0.3 is 0 Å². The van der Waals surface area contributed by atoms with Crippen LogP contribution in [0.1, 0.15) is 28.1 Å². The number of aromatic amines is 1. The maximum atomic E-state index is 12.7. The molecule has 146 valence electrons. The number of halogens is 1. The summed E-state index contributed by atoms with van der Waals surface area (Å²) in [5.41, 5.74) is 4.67. The van der Waals surface area contributed by atoms with E-state index in [9.17, 15) is 4.79 Å². The first-order chi connectivity index (χ1) is 13.9. The summed E-state index contributed by atoms with van der Waals surface area (Å²) in [5.74, 6) is 0.702. The zero-order valence-corrected chi connectivity index (χ0v) is 17.1. The van der Waals surface area contributed by atoms with E-state index in [0.29, 0.717) is 34.6 Å². The highest BCUT2D eigenvalue weighted by Crippen LogP contribution is 2.22. The molecule has 2 N–H and O–H groups in total. The summed E-state index contributed by atoms with van der Waals surface area (Å²) in [6.07, 6.45) is 0.416. The van der Waals surface area contributed by atoms with E-state index < -0.39 is 0 Å². The number of benzene rings is 2. The van der Waals surface area contributed by atoms with Crippen LogP contribution in [-0.4, -0.2) is 19.9 Å². The third kappa shape index (κ3) is 3.84. The average Bonchev–Trinajstić information content (AvgIpc) is 2.67. The number of hydrogen-bond donors (Lipinski definition) is 2. The second kappa shape index (κ2) is 7.64. The molecule has 0 aliphatic rings. The van der Waals surface area contributed by atoms with Crippen molar-refractivity contribution in [2.75, 3.05) is 5.32 Å². The number of H-pyrrole nitrogens is 1. The quantitative estimate of drug-likeness (QED) is 0.517. The number of nitrogens with one attached hydrogen (secondary N) is 2. The molecule has 0 aliphatic heterocycles. The Hall–Kier alpha value is -3.25. The summed E-state index contributed by atoms with van der Waals surface area (Å²) >= 11 is 6.23. The maximum absolute atomic E-state index is 12.7. The fourth-order valence-electron chi connectivity index (χ4n) is 3.32. The summed E-state index contributed by atoms with van der Waals surface area (Å²) in [4.78, 5) is 29.1. The van der Waals surface area contributed by atoms with Crippen molar-refractivity contribution in [1.82, 2.24) is 19.9 Å². The van der Waals surface area contributed by atoms with Crippen molar-refractivity contribution in [1.29, 1.82) is 0 Å². The van der Waals surface area contributed by atoms with E-state index in [4.69, 9.17) is 11.6 Å². The Bertz CT molecular complexity index is 1280. The Morgan fingerprint density at radius 3 is 2.52 bits per heavy atom. The van der Waals surface area contributed by atoms with E-state index in [1.807, 2.05) is 63.2 Å². The molecule has 7 heteroatoms. The fourth-order valence-corrected chi connectivity index (χ4v) is 3.52. The first-order valence-electron chi connectivity index (χ1n) is 9.26. The predicted octanol–water partition coefficient (Wildman–Crippen LogP) is 4.63. The lowest BCUT2D eigenvalue weighted by Crippen LogP contribution is -2.19. The van der Waals surface area contributed by atoms with E-state index in [-0.39, 0.29) is 5.56 Å². The van der Waals surface area contributed by atoms with Gasteiger partial charge < -0.3 is 0 Å². The van der Waals surface area contributed by atoms with Gasteiger partial charge in [-0.05, 0) is 38.0 Å². The van der Waals surface area contributed by atoms with Gasteiger partial charge in [-0.1, -0.05) is 48.0 Å². The molecule has 0 radical (unpaired) electrons. The highest BCUT2D eigenvalue weighted by atomic mass is 35.5. The number of rotatable bonds is 4. The van der Waals surface area contributed by atoms with Gasteiger partial charge in [0.15, 0.2) is 0 Å². The van der Waals surface area contributed by atoms with E-state index in [0.717, 1.165) is 27.7 Å². The van der Waals surface area contributed by atoms with Crippen LogP contribution in [0.2, 0.25) is 5.02 Å². The number of hydrogen-bond acceptors (Lipinski definition) is 5. The molecular weight excluding hydrogens is 386 g/mol. The molecule has 2 heterocycles. The zero-order valence-electron chi connectivity index (χ0n) is 16.4. The smallest absolute Gasteiger partial charge is 0.256 e. The lowest BCUT2D eigenvalue weighted by Gasteiger charge is -2.11. The first kappa shape index (κ1) is 19.1. The van der Waals surface area contributed by atoms with Gasteiger partial charge in [0.1, 0.15) is 0 Å². The number of aryl methyl sites for hydroxylation is 3. The third-order valence-corrected chi connectivity index (χ3v) is 5.27. The highest BCUT2D eigenvalue weighted by Gasteiger charge is 2.13. The summed E-state index contributed by atoms with van der Waals surface area (Å²) < 4.78 is 0. The number of anilines is 2. The average molecular weight is 406 g/mol. The minimum absolute atomic E-state index is 0.214. The van der Waals surface area contributed by atoms with Crippen LogP contribution in [-0.2, 0) is 6.42 Å². The number of para-hydroxylation sites is 1. The molecule has 4 rings (SSSR count). The van der Waals surface area contributed by atoms with E-state index in [1.165, 1.54) is 0 Å². The van der Waals surface area contributed by atoms with Gasteiger partial charge in [0.25, 0.3) is 5.56 Å². The van der Waals surface area contributed by atoms with Crippen molar-refractivity contribution in [3.05, 3.63) is 85.9 Å². The minimum Gasteiger partial charge on any atom is -0.294 e. The number of aromatic nitrogens is 4. The van der Waals surface area contributed by atoms with Crippen LogP contribution in [0.15, 0.2) is 47.3 Å². The standard InChI is InChI=1S/C22H20ClN5O/c1-12-7-6-9-16-13(2)24-21(26-19(12)16)28-22-25-14(3)17(20(29)27-22)11-15-8-4-5-10-18(15)23/h4-10H,11H2,1-3H3,(H2,24,25,26,27,28,29). The number of fused-ring (bicyclic) bond motifs is 1.